The van der Waals surface area contributed by atoms with Gasteiger partial charge in [-0.15, -0.1) is 0 Å². The number of oxazole rings is 1. The highest BCUT2D eigenvalue weighted by molar-refractivity contribution is 5.52. The van der Waals surface area contributed by atoms with Crippen LogP contribution in [0.3, 0.4) is 0 Å². The van der Waals surface area contributed by atoms with E-state index in [1.165, 1.54) is 0 Å². The number of aromatic nitrogens is 3. The number of nitrogens with one attached hydrogen (secondary N) is 1. The Kier molecular flexibility index (Phi) is 3.83. The number of benzene rings is 1. The van der Waals surface area contributed by atoms with Gasteiger partial charge < -0.3 is 14.3 Å². The highest BCUT2D eigenvalue weighted by atomic mass is 16.3. The van der Waals surface area contributed by atoms with Gasteiger partial charge in [0.2, 0.25) is 5.89 Å². The van der Waals surface area contributed by atoms with Crippen molar-refractivity contribution < 1.29 is 4.42 Å². The van der Waals surface area contributed by atoms with E-state index in [1.54, 1.807) is 12.5 Å². The lowest BCUT2D eigenvalue weighted by atomic mass is 10.2. The van der Waals surface area contributed by atoms with Crippen molar-refractivity contribution in [1.82, 2.24) is 19.9 Å². The summed E-state index contributed by atoms with van der Waals surface area (Å²) in [4.78, 5) is 8.84. The molecule has 0 aliphatic rings. The fourth-order valence-corrected chi connectivity index (χ4v) is 2.24. The van der Waals surface area contributed by atoms with Gasteiger partial charge >= 0.3 is 0 Å². The molecule has 0 spiro atoms. The minimum atomic E-state index is 0.155. The van der Waals surface area contributed by atoms with Gasteiger partial charge in [0.1, 0.15) is 12.1 Å². The van der Waals surface area contributed by atoms with Crippen molar-refractivity contribution in [2.45, 2.75) is 19.5 Å². The Morgan fingerprint density at radius 2 is 2.10 bits per heavy atom. The highest BCUT2D eigenvalue weighted by Crippen LogP contribution is 2.18. The summed E-state index contributed by atoms with van der Waals surface area (Å²) >= 11 is 0. The van der Waals surface area contributed by atoms with Crippen molar-refractivity contribution >= 4 is 0 Å². The first kappa shape index (κ1) is 13.6. The Labute approximate surface area is 123 Å². The van der Waals surface area contributed by atoms with Crippen LogP contribution >= 0.6 is 0 Å². The van der Waals surface area contributed by atoms with Crippen molar-refractivity contribution in [2.75, 3.05) is 0 Å². The largest absolute Gasteiger partial charge is 0.444 e. The maximum Gasteiger partial charge on any atom is 0.226 e. The number of hydrogen-bond acceptors (Lipinski definition) is 4. The van der Waals surface area contributed by atoms with E-state index in [2.05, 4.69) is 22.2 Å². The smallest absolute Gasteiger partial charge is 0.226 e. The molecule has 0 bridgehead atoms. The third-order valence-electron chi connectivity index (χ3n) is 3.41. The second-order valence-electron chi connectivity index (χ2n) is 5.01. The molecule has 108 valence electrons. The summed E-state index contributed by atoms with van der Waals surface area (Å²) in [5, 5.41) is 3.40. The van der Waals surface area contributed by atoms with Crippen LogP contribution in [0.15, 0.2) is 53.4 Å². The second kappa shape index (κ2) is 5.93. The number of hydrogen-bond donors (Lipinski definition) is 1. The van der Waals surface area contributed by atoms with E-state index in [0.717, 1.165) is 17.1 Å². The summed E-state index contributed by atoms with van der Waals surface area (Å²) in [7, 11) is 1.99. The van der Waals surface area contributed by atoms with Gasteiger partial charge in [-0.2, -0.15) is 0 Å². The Morgan fingerprint density at radius 1 is 1.29 bits per heavy atom. The summed E-state index contributed by atoms with van der Waals surface area (Å²) in [6, 6.07) is 10.0. The highest BCUT2D eigenvalue weighted by Gasteiger charge is 2.11. The fourth-order valence-electron chi connectivity index (χ4n) is 2.24. The van der Waals surface area contributed by atoms with E-state index < -0.39 is 0 Å². The quantitative estimate of drug-likeness (QED) is 0.781. The summed E-state index contributed by atoms with van der Waals surface area (Å²) in [5.41, 5.74) is 1.87. The molecule has 1 unspecified atom stereocenters. The van der Waals surface area contributed by atoms with Crippen molar-refractivity contribution in [3.63, 3.8) is 0 Å². The summed E-state index contributed by atoms with van der Waals surface area (Å²) in [5.74, 6) is 1.65. The first-order valence-electron chi connectivity index (χ1n) is 6.94. The maximum atomic E-state index is 5.53. The van der Waals surface area contributed by atoms with Crippen LogP contribution in [0.4, 0.5) is 0 Å². The Morgan fingerprint density at radius 3 is 2.81 bits per heavy atom. The van der Waals surface area contributed by atoms with Crippen molar-refractivity contribution in [3.05, 3.63) is 60.5 Å². The second-order valence-corrected chi connectivity index (χ2v) is 5.01. The number of nitrogens with zero attached hydrogens (tertiary/aromatic N) is 3. The van der Waals surface area contributed by atoms with E-state index in [9.17, 15) is 0 Å². The number of rotatable bonds is 5. The average Bonchev–Trinajstić information content (AvgIpc) is 3.15. The van der Waals surface area contributed by atoms with Crippen molar-refractivity contribution in [1.29, 1.82) is 0 Å². The zero-order valence-electron chi connectivity index (χ0n) is 12.2. The van der Waals surface area contributed by atoms with Crippen molar-refractivity contribution in [2.24, 2.45) is 7.05 Å². The topological polar surface area (TPSA) is 55.9 Å². The minimum absolute atomic E-state index is 0.155. The first-order valence-corrected chi connectivity index (χ1v) is 6.94. The predicted octanol–water partition coefficient (Wildman–Crippen LogP) is 2.93. The summed E-state index contributed by atoms with van der Waals surface area (Å²) < 4.78 is 7.54. The molecule has 5 heteroatoms. The Bertz CT molecular complexity index is 702. The van der Waals surface area contributed by atoms with E-state index in [-0.39, 0.29) is 6.04 Å². The van der Waals surface area contributed by atoms with Gasteiger partial charge in [-0.25, -0.2) is 9.97 Å². The molecule has 0 aliphatic carbocycles. The monoisotopic (exact) mass is 282 g/mol. The third-order valence-corrected chi connectivity index (χ3v) is 3.41. The Hall–Kier alpha value is -2.40. The molecule has 3 rings (SSSR count). The van der Waals surface area contributed by atoms with E-state index >= 15 is 0 Å². The third kappa shape index (κ3) is 3.03. The van der Waals surface area contributed by atoms with Crippen LogP contribution in [-0.4, -0.2) is 14.5 Å². The molecule has 0 aliphatic heterocycles. The van der Waals surface area contributed by atoms with Gasteiger partial charge in [0.15, 0.2) is 0 Å². The van der Waals surface area contributed by atoms with Crippen LogP contribution in [0.5, 0.6) is 0 Å². The van der Waals surface area contributed by atoms with E-state index in [4.69, 9.17) is 4.42 Å². The molecule has 0 saturated heterocycles. The normalized spacial score (nSPS) is 12.5. The van der Waals surface area contributed by atoms with E-state index in [1.807, 2.05) is 48.1 Å². The lowest BCUT2D eigenvalue weighted by molar-refractivity contribution is 0.521. The molecule has 21 heavy (non-hydrogen) atoms. The molecule has 0 fully saturated rings. The number of aryl methyl sites for hydroxylation is 1. The molecule has 2 heterocycles. The zero-order chi connectivity index (χ0) is 14.7. The van der Waals surface area contributed by atoms with Crippen LogP contribution in [0, 0.1) is 0 Å². The summed E-state index contributed by atoms with van der Waals surface area (Å²) in [6.45, 7) is 2.73. The van der Waals surface area contributed by atoms with Gasteiger partial charge in [-0.1, -0.05) is 18.2 Å². The van der Waals surface area contributed by atoms with Crippen LogP contribution in [0.1, 0.15) is 24.5 Å². The van der Waals surface area contributed by atoms with E-state index in [0.29, 0.717) is 12.4 Å². The van der Waals surface area contributed by atoms with Crippen LogP contribution < -0.4 is 5.32 Å². The molecule has 0 radical (unpaired) electrons. The first-order chi connectivity index (χ1) is 10.2. The maximum absolute atomic E-state index is 5.53. The molecule has 1 atom stereocenters. The standard InChI is InChI=1S/C16H18N4O/c1-12(15-17-8-9-20(15)2)18-10-14-11-21-16(19-14)13-6-4-3-5-7-13/h3-9,11-12,18H,10H2,1-2H3. The lowest BCUT2D eigenvalue weighted by Gasteiger charge is -2.12. The van der Waals surface area contributed by atoms with Crippen LogP contribution in [0.25, 0.3) is 11.5 Å². The molecule has 0 saturated carbocycles. The van der Waals surface area contributed by atoms with Crippen LogP contribution in [-0.2, 0) is 13.6 Å². The molecule has 1 aromatic carbocycles. The Balaban J connectivity index is 1.64. The van der Waals surface area contributed by atoms with Crippen molar-refractivity contribution in [3.8, 4) is 11.5 Å². The van der Waals surface area contributed by atoms with Gasteiger partial charge in [-0.3, -0.25) is 0 Å². The SMILES string of the molecule is CC(NCc1coc(-c2ccccc2)n1)c1nccn1C. The molecule has 5 nitrogen and oxygen atoms in total. The molecular formula is C16H18N4O. The minimum Gasteiger partial charge on any atom is -0.444 e. The molecule has 1 N–H and O–H groups in total. The fraction of sp³-hybridized carbons (Fsp3) is 0.250. The molecular weight excluding hydrogens is 264 g/mol. The zero-order valence-corrected chi connectivity index (χ0v) is 12.2. The van der Waals surface area contributed by atoms with Gasteiger partial charge in [0.25, 0.3) is 0 Å². The van der Waals surface area contributed by atoms with Crippen LogP contribution in [0.2, 0.25) is 0 Å². The molecule has 3 aromatic rings. The molecule has 0 amide bonds. The number of imidazole rings is 1. The van der Waals surface area contributed by atoms with Gasteiger partial charge in [0, 0.05) is 31.5 Å². The lowest BCUT2D eigenvalue weighted by Crippen LogP contribution is -2.21. The van der Waals surface area contributed by atoms with Gasteiger partial charge in [0.05, 0.1) is 11.7 Å². The summed E-state index contributed by atoms with van der Waals surface area (Å²) in [6.07, 6.45) is 5.44. The average molecular weight is 282 g/mol. The predicted molar refractivity (Wildman–Crippen MR) is 80.4 cm³/mol. The van der Waals surface area contributed by atoms with Gasteiger partial charge in [-0.05, 0) is 19.1 Å². The molecule has 2 aromatic heterocycles.